The third kappa shape index (κ3) is 5.88. The monoisotopic (exact) mass is 176 g/mol. The molecule has 4 heteroatoms. The molecular weight excluding hydrogens is 162 g/mol. The van der Waals surface area contributed by atoms with E-state index in [2.05, 4.69) is 0 Å². The number of hydrogen-bond acceptors (Lipinski definition) is 3. The smallest absolute Gasteiger partial charge is 0.328 e. The fourth-order valence-electron chi connectivity index (χ4n) is 0.649. The molecule has 4 nitrogen and oxygen atoms in total. The molecule has 0 bridgehead atoms. The van der Waals surface area contributed by atoms with Crippen LogP contribution >= 0.6 is 0 Å². The molecule has 1 N–H and O–H groups in total. The van der Waals surface area contributed by atoms with Crippen LogP contribution in [0, 0.1) is 0 Å². The van der Waals surface area contributed by atoms with Gasteiger partial charge in [0.25, 0.3) is 0 Å². The van der Waals surface area contributed by atoms with Crippen molar-refractivity contribution in [1.29, 1.82) is 0 Å². The van der Waals surface area contributed by atoms with E-state index in [4.69, 9.17) is 14.6 Å². The van der Waals surface area contributed by atoms with Crippen LogP contribution in [0.15, 0.2) is 12.2 Å². The van der Waals surface area contributed by atoms with Crippen molar-refractivity contribution in [3.8, 4) is 0 Å². The summed E-state index contributed by atoms with van der Waals surface area (Å²) in [7, 11) is 0. The van der Waals surface area contributed by atoms with Gasteiger partial charge < -0.3 is 14.6 Å². The maximum Gasteiger partial charge on any atom is 0.328 e. The number of hydrogen-bond donors (Lipinski definition) is 1. The van der Waals surface area contributed by atoms with Crippen molar-refractivity contribution in [3.63, 3.8) is 0 Å². The van der Waals surface area contributed by atoms with Gasteiger partial charge in [-0.05, 0) is 19.9 Å². The van der Waals surface area contributed by atoms with Crippen LogP contribution in [0.1, 0.15) is 13.8 Å². The third-order valence-electron chi connectivity index (χ3n) is 1.06. The van der Waals surface area contributed by atoms with Crippen molar-refractivity contribution in [3.05, 3.63) is 12.2 Å². The number of ether oxygens (including phenoxy) is 2. The van der Waals surface area contributed by atoms with Gasteiger partial charge in [-0.25, -0.2) is 4.79 Å². The molecule has 0 saturated heterocycles. The van der Waals surface area contributed by atoms with Crippen molar-refractivity contribution in [2.24, 2.45) is 0 Å². The van der Waals surface area contributed by atoms with E-state index in [0.29, 0.717) is 13.2 Å². The number of rotatable bonds is 6. The highest BCUT2D eigenvalue weighted by Gasteiger charge is 2.02. The molecule has 0 fully saturated rings. The van der Waals surface area contributed by atoms with Crippen LogP contribution in [0.2, 0.25) is 0 Å². The van der Waals surface area contributed by atoms with E-state index in [0.717, 1.165) is 6.08 Å². The lowest BCUT2D eigenvalue weighted by Gasteiger charge is -2.11. The molecule has 0 aliphatic carbocycles. The van der Waals surface area contributed by atoms with Gasteiger partial charge in [-0.3, -0.25) is 0 Å². The van der Waals surface area contributed by atoms with E-state index >= 15 is 0 Å². The van der Waals surface area contributed by atoms with E-state index in [-0.39, 0.29) is 0 Å². The summed E-state index contributed by atoms with van der Waals surface area (Å²) in [4.78, 5) is 10.1. The van der Waals surface area contributed by atoms with Crippen molar-refractivity contribution < 1.29 is 19.4 Å². The lowest BCUT2D eigenvalue weighted by Crippen LogP contribution is -2.14. The molecule has 0 unspecified atom stereocenters. The lowest BCUT2D eigenvalue weighted by atomic mass is 10.5. The third-order valence-corrected chi connectivity index (χ3v) is 1.06. The van der Waals surface area contributed by atoms with E-state index in [1.807, 2.05) is 13.8 Å². The Morgan fingerprint density at radius 2 is 1.92 bits per heavy atom. The minimum absolute atomic E-state index is 0.495. The minimum atomic E-state index is -1.00. The molecule has 0 saturated carbocycles. The van der Waals surface area contributed by atoms with Crippen molar-refractivity contribution in [2.45, 2.75) is 20.1 Å². The number of carboxylic acids is 1. The SMILES string of the molecule is C[13CH2]OC(C=CC(=O)O)O[13CH2]C. The van der Waals surface area contributed by atoms with Crippen molar-refractivity contribution >= 4 is 5.97 Å². The average Bonchev–Trinajstić information content (AvgIpc) is 2.01. The maximum atomic E-state index is 10.1. The van der Waals surface area contributed by atoms with Gasteiger partial charge in [0.15, 0.2) is 6.29 Å². The highest BCUT2D eigenvalue weighted by Crippen LogP contribution is 1.96. The predicted octanol–water partition coefficient (Wildman–Crippen LogP) is 1.03. The van der Waals surface area contributed by atoms with E-state index in [9.17, 15) is 4.79 Å². The molecule has 12 heavy (non-hydrogen) atoms. The van der Waals surface area contributed by atoms with Gasteiger partial charge >= 0.3 is 5.97 Å². The summed E-state index contributed by atoms with van der Waals surface area (Å²) in [6, 6.07) is 0. The van der Waals surface area contributed by atoms with Crippen molar-refractivity contribution in [2.75, 3.05) is 13.2 Å². The molecule has 0 amide bonds. The summed E-state index contributed by atoms with van der Waals surface area (Å²) in [5.41, 5.74) is 0. The van der Waals surface area contributed by atoms with Gasteiger partial charge in [0, 0.05) is 19.3 Å². The largest absolute Gasteiger partial charge is 0.478 e. The summed E-state index contributed by atoms with van der Waals surface area (Å²) in [5.74, 6) is -1.00. The topological polar surface area (TPSA) is 55.8 Å². The zero-order valence-electron chi connectivity index (χ0n) is 7.32. The maximum absolute atomic E-state index is 10.1. The summed E-state index contributed by atoms with van der Waals surface area (Å²) in [6.07, 6.45) is 1.83. The second kappa shape index (κ2) is 6.82. The van der Waals surface area contributed by atoms with Gasteiger partial charge in [-0.1, -0.05) is 0 Å². The Labute approximate surface area is 71.8 Å². The Morgan fingerprint density at radius 3 is 2.25 bits per heavy atom. The Kier molecular flexibility index (Phi) is 6.32. The minimum Gasteiger partial charge on any atom is -0.478 e. The highest BCUT2D eigenvalue weighted by atomic mass is 16.7. The lowest BCUT2D eigenvalue weighted by molar-refractivity contribution is -0.132. The van der Waals surface area contributed by atoms with Gasteiger partial charge in [0.05, 0.1) is 0 Å². The number of carboxylic acid groups (broad SMARTS) is 1. The Balaban J connectivity index is 3.84. The number of aliphatic carboxylic acids is 1. The Morgan fingerprint density at radius 1 is 1.42 bits per heavy atom. The Hall–Kier alpha value is -0.870. The molecule has 0 rings (SSSR count). The van der Waals surface area contributed by atoms with Gasteiger partial charge in [0.1, 0.15) is 0 Å². The molecular formula is C8H14O4. The van der Waals surface area contributed by atoms with Crippen LogP contribution in [0.4, 0.5) is 0 Å². The molecule has 0 atom stereocenters. The van der Waals surface area contributed by atoms with Gasteiger partial charge in [-0.2, -0.15) is 0 Å². The van der Waals surface area contributed by atoms with E-state index < -0.39 is 12.3 Å². The quantitative estimate of drug-likeness (QED) is 0.373. The van der Waals surface area contributed by atoms with Crippen LogP contribution < -0.4 is 0 Å². The molecule has 0 aromatic heterocycles. The summed E-state index contributed by atoms with van der Waals surface area (Å²) in [5, 5.41) is 8.30. The van der Waals surface area contributed by atoms with Crippen LogP contribution in [-0.2, 0) is 14.3 Å². The molecule has 0 aliphatic heterocycles. The molecule has 0 aromatic carbocycles. The number of carbonyl (C=O) groups is 1. The summed E-state index contributed by atoms with van der Waals surface area (Å²) in [6.45, 7) is 4.63. The zero-order valence-corrected chi connectivity index (χ0v) is 7.32. The van der Waals surface area contributed by atoms with Crippen LogP contribution in [-0.4, -0.2) is 30.6 Å². The summed E-state index contributed by atoms with van der Waals surface area (Å²) >= 11 is 0. The standard InChI is InChI=1S/C8H14O4/c1-3-11-8(12-4-2)6-5-7(9)10/h5-6,8H,3-4H2,1-2H3,(H,9,10)/i3+1,4+1. The van der Waals surface area contributed by atoms with Gasteiger partial charge in [-0.15, -0.1) is 0 Å². The van der Waals surface area contributed by atoms with Crippen molar-refractivity contribution in [1.82, 2.24) is 0 Å². The summed E-state index contributed by atoms with van der Waals surface area (Å²) < 4.78 is 10.1. The van der Waals surface area contributed by atoms with Crippen LogP contribution in [0.3, 0.4) is 0 Å². The molecule has 70 valence electrons. The highest BCUT2D eigenvalue weighted by molar-refractivity contribution is 5.79. The van der Waals surface area contributed by atoms with Crippen LogP contribution in [0.5, 0.6) is 0 Å². The fourth-order valence-corrected chi connectivity index (χ4v) is 0.649. The second-order valence-corrected chi connectivity index (χ2v) is 1.98. The molecule has 0 heterocycles. The molecule has 0 aliphatic rings. The van der Waals surface area contributed by atoms with Gasteiger partial charge in [0.2, 0.25) is 0 Å². The molecule has 0 spiro atoms. The second-order valence-electron chi connectivity index (χ2n) is 1.98. The van der Waals surface area contributed by atoms with E-state index in [1.165, 1.54) is 6.08 Å². The fraction of sp³-hybridized carbons (Fsp3) is 0.625. The first-order chi connectivity index (χ1) is 5.70. The molecule has 0 radical (unpaired) electrons. The normalized spacial score (nSPS) is 11.2. The van der Waals surface area contributed by atoms with Crippen LogP contribution in [0.25, 0.3) is 0 Å². The predicted molar refractivity (Wildman–Crippen MR) is 43.8 cm³/mol. The first-order valence-corrected chi connectivity index (χ1v) is 3.85. The van der Waals surface area contributed by atoms with E-state index in [1.54, 1.807) is 0 Å². The molecule has 0 aromatic rings. The average molecular weight is 176 g/mol. The zero-order chi connectivity index (χ0) is 9.40. The first-order valence-electron chi connectivity index (χ1n) is 3.85. The first kappa shape index (κ1) is 11.1. The Bertz CT molecular complexity index is 147.